The minimum absolute atomic E-state index is 0.228. The number of hydrogen-bond donors (Lipinski definition) is 1. The van der Waals surface area contributed by atoms with E-state index < -0.39 is 0 Å². The molecule has 0 aliphatic heterocycles. The summed E-state index contributed by atoms with van der Waals surface area (Å²) in [6.07, 6.45) is 0.980. The second-order valence-electron chi connectivity index (χ2n) is 3.48. The van der Waals surface area contributed by atoms with Gasteiger partial charge in [0.1, 0.15) is 5.15 Å². The molecule has 0 unspecified atom stereocenters. The van der Waals surface area contributed by atoms with Crippen LogP contribution in [0.5, 0.6) is 0 Å². The molecule has 0 bridgehead atoms. The van der Waals surface area contributed by atoms with E-state index in [-0.39, 0.29) is 10.7 Å². The van der Waals surface area contributed by atoms with Crippen LogP contribution in [0.1, 0.15) is 12.5 Å². The fraction of sp³-hybridized carbons (Fsp3) is 0.167. The van der Waals surface area contributed by atoms with E-state index in [1.165, 1.54) is 5.56 Å². The molecule has 3 nitrogen and oxygen atoms in total. The van der Waals surface area contributed by atoms with Crippen molar-refractivity contribution >= 4 is 11.6 Å². The van der Waals surface area contributed by atoms with Gasteiger partial charge in [0.05, 0.1) is 5.56 Å². The SMILES string of the molecule is CCc1ccc(-c2cc(Cl)n[nH]c2=O)cc1. The van der Waals surface area contributed by atoms with E-state index in [2.05, 4.69) is 17.1 Å². The minimum Gasteiger partial charge on any atom is -0.267 e. The molecule has 4 heteroatoms. The van der Waals surface area contributed by atoms with E-state index in [1.54, 1.807) is 6.07 Å². The third-order valence-corrected chi connectivity index (χ3v) is 2.64. The molecule has 0 saturated heterocycles. The number of aryl methyl sites for hydroxylation is 1. The summed E-state index contributed by atoms with van der Waals surface area (Å²) in [5.41, 5.74) is 2.40. The summed E-state index contributed by atoms with van der Waals surface area (Å²) in [6, 6.07) is 9.41. The Balaban J connectivity index is 2.50. The second-order valence-corrected chi connectivity index (χ2v) is 3.87. The molecule has 16 heavy (non-hydrogen) atoms. The van der Waals surface area contributed by atoms with E-state index in [0.717, 1.165) is 12.0 Å². The quantitative estimate of drug-likeness (QED) is 0.868. The molecule has 0 aliphatic rings. The average Bonchev–Trinajstić information content (AvgIpc) is 2.32. The van der Waals surface area contributed by atoms with Gasteiger partial charge in [0.15, 0.2) is 0 Å². The summed E-state index contributed by atoms with van der Waals surface area (Å²) in [4.78, 5) is 11.5. The van der Waals surface area contributed by atoms with Gasteiger partial charge in [-0.3, -0.25) is 4.79 Å². The van der Waals surface area contributed by atoms with Gasteiger partial charge in [0.2, 0.25) is 0 Å². The van der Waals surface area contributed by atoms with Gasteiger partial charge >= 0.3 is 0 Å². The number of nitrogens with zero attached hydrogens (tertiary/aromatic N) is 1. The molecule has 0 aliphatic carbocycles. The molecule has 82 valence electrons. The number of H-pyrrole nitrogens is 1. The number of aromatic nitrogens is 2. The van der Waals surface area contributed by atoms with Crippen LogP contribution in [0.3, 0.4) is 0 Å². The molecular weight excluding hydrogens is 224 g/mol. The Labute approximate surface area is 98.1 Å². The molecular formula is C12H11ClN2O. The van der Waals surface area contributed by atoms with Crippen molar-refractivity contribution in [1.29, 1.82) is 0 Å². The number of rotatable bonds is 2. The standard InChI is InChI=1S/C12H11ClN2O/c1-2-8-3-5-9(6-4-8)10-7-11(13)14-15-12(10)16/h3-7H,2H2,1H3,(H,15,16). The molecule has 0 saturated carbocycles. The van der Waals surface area contributed by atoms with Gasteiger partial charge < -0.3 is 0 Å². The summed E-state index contributed by atoms with van der Waals surface area (Å²) in [5, 5.41) is 6.27. The van der Waals surface area contributed by atoms with Crippen molar-refractivity contribution in [3.8, 4) is 11.1 Å². The highest BCUT2D eigenvalue weighted by atomic mass is 35.5. The molecule has 2 rings (SSSR count). The van der Waals surface area contributed by atoms with Crippen LogP contribution in [0.25, 0.3) is 11.1 Å². The Morgan fingerprint density at radius 1 is 1.31 bits per heavy atom. The Bertz CT molecular complexity index is 546. The summed E-state index contributed by atoms with van der Waals surface area (Å²) in [6.45, 7) is 2.09. The first kappa shape index (κ1) is 10.9. The van der Waals surface area contributed by atoms with Gasteiger partial charge in [-0.1, -0.05) is 42.8 Å². The summed E-state index contributed by atoms with van der Waals surface area (Å²) >= 11 is 5.74. The van der Waals surface area contributed by atoms with Gasteiger partial charge in [0, 0.05) is 0 Å². The molecule has 0 radical (unpaired) electrons. The van der Waals surface area contributed by atoms with Crippen LogP contribution < -0.4 is 5.56 Å². The normalized spacial score (nSPS) is 10.4. The fourth-order valence-electron chi connectivity index (χ4n) is 1.52. The monoisotopic (exact) mass is 234 g/mol. The van der Waals surface area contributed by atoms with Crippen molar-refractivity contribution in [2.45, 2.75) is 13.3 Å². The van der Waals surface area contributed by atoms with Crippen molar-refractivity contribution in [2.24, 2.45) is 0 Å². The Morgan fingerprint density at radius 3 is 2.62 bits per heavy atom. The topological polar surface area (TPSA) is 45.8 Å². The Morgan fingerprint density at radius 2 is 2.00 bits per heavy atom. The fourth-order valence-corrected chi connectivity index (χ4v) is 1.67. The summed E-state index contributed by atoms with van der Waals surface area (Å²) in [7, 11) is 0. The largest absolute Gasteiger partial charge is 0.272 e. The molecule has 1 N–H and O–H groups in total. The zero-order valence-electron chi connectivity index (χ0n) is 8.83. The lowest BCUT2D eigenvalue weighted by molar-refractivity contribution is 0.992. The Kier molecular flexibility index (Phi) is 3.06. The van der Waals surface area contributed by atoms with Crippen molar-refractivity contribution in [3.05, 3.63) is 51.4 Å². The number of benzene rings is 1. The molecule has 0 amide bonds. The Hall–Kier alpha value is -1.61. The van der Waals surface area contributed by atoms with Crippen LogP contribution >= 0.6 is 11.6 Å². The van der Waals surface area contributed by atoms with E-state index in [0.29, 0.717) is 5.56 Å². The van der Waals surface area contributed by atoms with Gasteiger partial charge in [-0.05, 0) is 23.6 Å². The number of halogens is 1. The molecule has 1 heterocycles. The van der Waals surface area contributed by atoms with Crippen LogP contribution in [-0.2, 0) is 6.42 Å². The molecule has 2 aromatic rings. The van der Waals surface area contributed by atoms with Crippen molar-refractivity contribution in [3.63, 3.8) is 0 Å². The minimum atomic E-state index is -0.228. The first-order valence-corrected chi connectivity index (χ1v) is 5.43. The first-order valence-electron chi connectivity index (χ1n) is 5.05. The molecule has 0 spiro atoms. The first-order chi connectivity index (χ1) is 7.70. The van der Waals surface area contributed by atoms with Gasteiger partial charge in [-0.25, -0.2) is 5.10 Å². The van der Waals surface area contributed by atoms with Crippen molar-refractivity contribution < 1.29 is 0 Å². The third kappa shape index (κ3) is 2.14. The lowest BCUT2D eigenvalue weighted by Crippen LogP contribution is -2.10. The van der Waals surface area contributed by atoms with Gasteiger partial charge in [0.25, 0.3) is 5.56 Å². The maximum atomic E-state index is 11.5. The van der Waals surface area contributed by atoms with Crippen molar-refractivity contribution in [2.75, 3.05) is 0 Å². The van der Waals surface area contributed by atoms with Gasteiger partial charge in [-0.15, -0.1) is 0 Å². The number of hydrogen-bond acceptors (Lipinski definition) is 2. The van der Waals surface area contributed by atoms with E-state index >= 15 is 0 Å². The van der Waals surface area contributed by atoms with Crippen LogP contribution in [-0.4, -0.2) is 10.2 Å². The second kappa shape index (κ2) is 4.49. The smallest absolute Gasteiger partial charge is 0.267 e. The van der Waals surface area contributed by atoms with Crippen LogP contribution in [0.2, 0.25) is 5.15 Å². The van der Waals surface area contributed by atoms with Crippen molar-refractivity contribution in [1.82, 2.24) is 10.2 Å². The highest BCUT2D eigenvalue weighted by Crippen LogP contribution is 2.17. The number of nitrogens with one attached hydrogen (secondary N) is 1. The highest BCUT2D eigenvalue weighted by Gasteiger charge is 2.04. The molecule has 1 aromatic carbocycles. The predicted molar refractivity (Wildman–Crippen MR) is 64.7 cm³/mol. The zero-order valence-corrected chi connectivity index (χ0v) is 9.58. The van der Waals surface area contributed by atoms with Crippen LogP contribution in [0.15, 0.2) is 35.1 Å². The van der Waals surface area contributed by atoms with Crippen LogP contribution in [0, 0.1) is 0 Å². The summed E-state index contributed by atoms with van der Waals surface area (Å²) in [5.74, 6) is 0. The number of aromatic amines is 1. The zero-order chi connectivity index (χ0) is 11.5. The average molecular weight is 235 g/mol. The lowest BCUT2D eigenvalue weighted by Gasteiger charge is -2.02. The summed E-state index contributed by atoms with van der Waals surface area (Å²) < 4.78 is 0. The maximum Gasteiger partial charge on any atom is 0.272 e. The maximum absolute atomic E-state index is 11.5. The van der Waals surface area contributed by atoms with E-state index in [1.807, 2.05) is 24.3 Å². The third-order valence-electron chi connectivity index (χ3n) is 2.45. The van der Waals surface area contributed by atoms with Gasteiger partial charge in [-0.2, -0.15) is 5.10 Å². The highest BCUT2D eigenvalue weighted by molar-refractivity contribution is 6.29. The molecule has 1 aromatic heterocycles. The molecule has 0 fully saturated rings. The van der Waals surface area contributed by atoms with Crippen LogP contribution in [0.4, 0.5) is 0 Å². The van der Waals surface area contributed by atoms with E-state index in [9.17, 15) is 4.79 Å². The predicted octanol–water partition coefficient (Wildman–Crippen LogP) is 2.65. The lowest BCUT2D eigenvalue weighted by atomic mass is 10.1. The van der Waals surface area contributed by atoms with E-state index in [4.69, 9.17) is 11.6 Å². The molecule has 0 atom stereocenters.